The first-order valence-corrected chi connectivity index (χ1v) is 14.0. The van der Waals surface area contributed by atoms with Crippen molar-refractivity contribution in [3.8, 4) is 0 Å². The number of rotatable bonds is 10. The van der Waals surface area contributed by atoms with E-state index in [2.05, 4.69) is 5.32 Å². The van der Waals surface area contributed by atoms with Gasteiger partial charge in [-0.3, -0.25) is 9.10 Å². The van der Waals surface area contributed by atoms with Crippen LogP contribution in [0.3, 0.4) is 0 Å². The summed E-state index contributed by atoms with van der Waals surface area (Å²) in [4.78, 5) is 12.9. The fourth-order valence-corrected chi connectivity index (χ4v) is 6.04. The summed E-state index contributed by atoms with van der Waals surface area (Å²) in [5.41, 5.74) is 3.41. The van der Waals surface area contributed by atoms with Crippen LogP contribution in [0, 0.1) is 13.8 Å². The molecular formula is C25H26Cl2N2O3S2. The number of nitrogens with one attached hydrogen (secondary N) is 1. The zero-order valence-corrected chi connectivity index (χ0v) is 22.1. The van der Waals surface area contributed by atoms with Crippen LogP contribution in [-0.2, 0) is 20.6 Å². The Morgan fingerprint density at radius 1 is 0.971 bits per heavy atom. The van der Waals surface area contributed by atoms with Gasteiger partial charge in [0.2, 0.25) is 5.91 Å². The third kappa shape index (κ3) is 6.92. The number of anilines is 1. The molecule has 1 amide bonds. The maximum absolute atomic E-state index is 13.4. The molecule has 0 heterocycles. The molecule has 5 nitrogen and oxygen atoms in total. The molecule has 0 saturated heterocycles. The van der Waals surface area contributed by atoms with E-state index in [0.717, 1.165) is 21.0 Å². The minimum atomic E-state index is -3.92. The number of carbonyl (C=O) groups is 1. The molecule has 0 atom stereocenters. The highest BCUT2D eigenvalue weighted by atomic mass is 35.5. The second-order valence-electron chi connectivity index (χ2n) is 7.73. The van der Waals surface area contributed by atoms with Crippen LogP contribution in [0.1, 0.15) is 16.7 Å². The molecule has 3 aromatic rings. The molecule has 0 saturated carbocycles. The maximum atomic E-state index is 13.4. The van der Waals surface area contributed by atoms with Gasteiger partial charge in [-0.25, -0.2) is 8.42 Å². The van der Waals surface area contributed by atoms with E-state index in [0.29, 0.717) is 33.8 Å². The lowest BCUT2D eigenvalue weighted by Crippen LogP contribution is -2.41. The van der Waals surface area contributed by atoms with Crippen molar-refractivity contribution in [2.24, 2.45) is 0 Å². The minimum absolute atomic E-state index is 0.136. The molecule has 0 radical (unpaired) electrons. The van der Waals surface area contributed by atoms with Gasteiger partial charge in [0.05, 0.1) is 10.6 Å². The van der Waals surface area contributed by atoms with Crippen LogP contribution in [0.25, 0.3) is 0 Å². The van der Waals surface area contributed by atoms with Crippen LogP contribution < -0.4 is 9.62 Å². The van der Waals surface area contributed by atoms with Crippen LogP contribution in [0.4, 0.5) is 5.69 Å². The van der Waals surface area contributed by atoms with Gasteiger partial charge < -0.3 is 5.32 Å². The fraction of sp³-hybridized carbons (Fsp3) is 0.240. The van der Waals surface area contributed by atoms with Crippen molar-refractivity contribution in [2.45, 2.75) is 24.5 Å². The molecule has 0 aliphatic heterocycles. The van der Waals surface area contributed by atoms with Gasteiger partial charge in [-0.05, 0) is 66.9 Å². The molecule has 9 heteroatoms. The van der Waals surface area contributed by atoms with Gasteiger partial charge in [-0.2, -0.15) is 11.8 Å². The van der Waals surface area contributed by atoms with E-state index in [1.54, 1.807) is 54.2 Å². The number of aryl methyl sites for hydroxylation is 2. The molecule has 3 rings (SSSR count). The van der Waals surface area contributed by atoms with Crippen LogP contribution >= 0.6 is 35.0 Å². The van der Waals surface area contributed by atoms with E-state index in [1.165, 1.54) is 12.1 Å². The van der Waals surface area contributed by atoms with E-state index in [-0.39, 0.29) is 17.3 Å². The summed E-state index contributed by atoms with van der Waals surface area (Å²) in [6.45, 7) is 3.96. The number of sulfonamides is 1. The Balaban J connectivity index is 1.65. The molecule has 0 unspecified atom stereocenters. The molecule has 0 fully saturated rings. The first-order valence-electron chi connectivity index (χ1n) is 10.6. The van der Waals surface area contributed by atoms with Gasteiger partial charge in [-0.1, -0.05) is 53.5 Å². The number of nitrogens with zero attached hydrogens (tertiary/aromatic N) is 1. The third-order valence-corrected chi connectivity index (χ3v) is 8.62. The van der Waals surface area contributed by atoms with Gasteiger partial charge in [0.1, 0.15) is 6.54 Å². The quantitative estimate of drug-likeness (QED) is 0.329. The molecule has 0 spiro atoms. The lowest BCUT2D eigenvalue weighted by molar-refractivity contribution is -0.119. The zero-order valence-electron chi connectivity index (χ0n) is 18.9. The molecular weight excluding hydrogens is 511 g/mol. The summed E-state index contributed by atoms with van der Waals surface area (Å²) in [5.74, 6) is 0.964. The predicted molar refractivity (Wildman–Crippen MR) is 143 cm³/mol. The SMILES string of the molecule is Cc1ccc(N(CC(=O)NCCSCc2ccc(Cl)cc2Cl)S(=O)(=O)c2ccccc2)cc1C. The molecule has 0 bridgehead atoms. The topological polar surface area (TPSA) is 66.5 Å². The van der Waals surface area contributed by atoms with Crippen molar-refractivity contribution in [1.29, 1.82) is 0 Å². The Bertz CT molecular complexity index is 1250. The van der Waals surface area contributed by atoms with Crippen LogP contribution in [0.15, 0.2) is 71.6 Å². The molecule has 180 valence electrons. The van der Waals surface area contributed by atoms with Crippen molar-refractivity contribution < 1.29 is 13.2 Å². The van der Waals surface area contributed by atoms with Crippen LogP contribution in [0.5, 0.6) is 0 Å². The molecule has 1 N–H and O–H groups in total. The lowest BCUT2D eigenvalue weighted by Gasteiger charge is -2.25. The third-order valence-electron chi connectivity index (χ3n) is 5.24. The van der Waals surface area contributed by atoms with E-state index in [9.17, 15) is 13.2 Å². The smallest absolute Gasteiger partial charge is 0.264 e. The average Bonchev–Trinajstić information content (AvgIpc) is 2.81. The lowest BCUT2D eigenvalue weighted by atomic mass is 10.1. The zero-order chi connectivity index (χ0) is 24.7. The molecule has 0 aliphatic rings. The second-order valence-corrected chi connectivity index (χ2v) is 11.5. The van der Waals surface area contributed by atoms with Crippen molar-refractivity contribution in [3.05, 3.63) is 93.5 Å². The normalized spacial score (nSPS) is 11.3. The fourth-order valence-electron chi connectivity index (χ4n) is 3.19. The summed E-state index contributed by atoms with van der Waals surface area (Å²) in [6, 6.07) is 18.9. The van der Waals surface area contributed by atoms with Gasteiger partial charge >= 0.3 is 0 Å². The molecule has 34 heavy (non-hydrogen) atoms. The highest BCUT2D eigenvalue weighted by Gasteiger charge is 2.27. The van der Waals surface area contributed by atoms with Crippen molar-refractivity contribution in [2.75, 3.05) is 23.1 Å². The number of halogens is 2. The number of carbonyl (C=O) groups excluding carboxylic acids is 1. The van der Waals surface area contributed by atoms with E-state index >= 15 is 0 Å². The van der Waals surface area contributed by atoms with E-state index in [1.807, 2.05) is 26.0 Å². The highest BCUT2D eigenvalue weighted by Crippen LogP contribution is 2.26. The summed E-state index contributed by atoms with van der Waals surface area (Å²) >= 11 is 13.7. The summed E-state index contributed by atoms with van der Waals surface area (Å²) < 4.78 is 27.9. The summed E-state index contributed by atoms with van der Waals surface area (Å²) in [6.07, 6.45) is 0. The number of amides is 1. The summed E-state index contributed by atoms with van der Waals surface area (Å²) in [5, 5.41) is 4.02. The van der Waals surface area contributed by atoms with Gasteiger partial charge in [-0.15, -0.1) is 0 Å². The van der Waals surface area contributed by atoms with Crippen LogP contribution in [-0.4, -0.2) is 33.2 Å². The average molecular weight is 538 g/mol. The number of benzene rings is 3. The Hall–Kier alpha value is -2.19. The van der Waals surface area contributed by atoms with E-state index < -0.39 is 10.0 Å². The number of hydrogen-bond donors (Lipinski definition) is 1. The Labute approximate surface area is 215 Å². The standard InChI is InChI=1S/C25H26Cl2N2O3S2/c1-18-8-11-22(14-19(18)2)29(34(31,32)23-6-4-3-5-7-23)16-25(30)28-12-13-33-17-20-9-10-21(26)15-24(20)27/h3-11,14-15H,12-13,16-17H2,1-2H3,(H,28,30). The first-order chi connectivity index (χ1) is 16.2. The Kier molecular flexibility index (Phi) is 9.31. The minimum Gasteiger partial charge on any atom is -0.354 e. The molecule has 0 aromatic heterocycles. The van der Waals surface area contributed by atoms with Crippen molar-refractivity contribution >= 4 is 56.6 Å². The summed E-state index contributed by atoms with van der Waals surface area (Å²) in [7, 11) is -3.92. The van der Waals surface area contributed by atoms with Gasteiger partial charge in [0.15, 0.2) is 0 Å². The predicted octanol–water partition coefficient (Wildman–Crippen LogP) is 5.86. The van der Waals surface area contributed by atoms with E-state index in [4.69, 9.17) is 23.2 Å². The van der Waals surface area contributed by atoms with Crippen molar-refractivity contribution in [1.82, 2.24) is 5.32 Å². The van der Waals surface area contributed by atoms with Gasteiger partial charge in [0, 0.05) is 28.1 Å². The monoisotopic (exact) mass is 536 g/mol. The van der Waals surface area contributed by atoms with Crippen molar-refractivity contribution in [3.63, 3.8) is 0 Å². The highest BCUT2D eigenvalue weighted by molar-refractivity contribution is 7.98. The number of hydrogen-bond acceptors (Lipinski definition) is 4. The molecule has 3 aromatic carbocycles. The second kappa shape index (κ2) is 12.0. The van der Waals surface area contributed by atoms with Crippen LogP contribution in [0.2, 0.25) is 10.0 Å². The molecule has 0 aliphatic carbocycles. The first kappa shape index (κ1) is 26.4. The number of thioether (sulfide) groups is 1. The maximum Gasteiger partial charge on any atom is 0.264 e. The Morgan fingerprint density at radius 2 is 1.71 bits per heavy atom. The largest absolute Gasteiger partial charge is 0.354 e. The van der Waals surface area contributed by atoms with Gasteiger partial charge in [0.25, 0.3) is 10.0 Å². The Morgan fingerprint density at radius 3 is 2.38 bits per heavy atom.